The highest BCUT2D eigenvalue weighted by Gasteiger charge is 2.16. The molecule has 0 bridgehead atoms. The van der Waals surface area contributed by atoms with E-state index in [9.17, 15) is 0 Å². The molecule has 0 aromatic carbocycles. The van der Waals surface area contributed by atoms with Crippen molar-refractivity contribution < 1.29 is 4.74 Å². The molecule has 0 radical (unpaired) electrons. The number of ether oxygens (including phenoxy) is 1. The fraction of sp³-hybridized carbons (Fsp3) is 0.933. The van der Waals surface area contributed by atoms with E-state index in [4.69, 9.17) is 15.7 Å². The Morgan fingerprint density at radius 2 is 1.89 bits per heavy atom. The van der Waals surface area contributed by atoms with Crippen molar-refractivity contribution in [3.8, 4) is 6.07 Å². The minimum Gasteiger partial charge on any atom is -0.381 e. The number of rotatable bonds is 7. The van der Waals surface area contributed by atoms with Gasteiger partial charge in [0.1, 0.15) is 5.54 Å². The fourth-order valence-electron chi connectivity index (χ4n) is 2.53. The van der Waals surface area contributed by atoms with Crippen molar-refractivity contribution >= 4 is 0 Å². The lowest BCUT2D eigenvalue weighted by Gasteiger charge is -2.16. The van der Waals surface area contributed by atoms with Crippen molar-refractivity contribution in [2.75, 3.05) is 13.2 Å². The molecule has 2 N–H and O–H groups in total. The molecular formula is C15H28N2O. The van der Waals surface area contributed by atoms with Gasteiger partial charge in [-0.3, -0.25) is 0 Å². The lowest BCUT2D eigenvalue weighted by Crippen LogP contribution is -2.33. The highest BCUT2D eigenvalue weighted by Crippen LogP contribution is 2.23. The van der Waals surface area contributed by atoms with E-state index in [2.05, 4.69) is 6.07 Å². The first-order valence-electron chi connectivity index (χ1n) is 7.42. The van der Waals surface area contributed by atoms with Crippen molar-refractivity contribution in [3.63, 3.8) is 0 Å². The van der Waals surface area contributed by atoms with Crippen molar-refractivity contribution in [3.05, 3.63) is 0 Å². The van der Waals surface area contributed by atoms with Crippen molar-refractivity contribution in [2.24, 2.45) is 11.7 Å². The number of unbranched alkanes of at least 4 members (excludes halogenated alkanes) is 1. The third kappa shape index (κ3) is 6.98. The van der Waals surface area contributed by atoms with Gasteiger partial charge in [0.05, 0.1) is 6.07 Å². The van der Waals surface area contributed by atoms with Gasteiger partial charge in [-0.2, -0.15) is 5.26 Å². The SMILES string of the molecule is CC(N)(C#N)CCCCOCC1CCCCCC1. The second-order valence-corrected chi connectivity index (χ2v) is 5.92. The highest BCUT2D eigenvalue weighted by molar-refractivity contribution is 5.00. The molecule has 18 heavy (non-hydrogen) atoms. The molecule has 0 heterocycles. The normalized spacial score (nSPS) is 20.9. The maximum Gasteiger partial charge on any atom is 0.101 e. The molecule has 3 heteroatoms. The van der Waals surface area contributed by atoms with E-state index in [0.717, 1.165) is 38.4 Å². The van der Waals surface area contributed by atoms with E-state index >= 15 is 0 Å². The maximum absolute atomic E-state index is 8.79. The van der Waals surface area contributed by atoms with E-state index in [1.165, 1.54) is 38.5 Å². The van der Waals surface area contributed by atoms with Crippen molar-refractivity contribution in [1.29, 1.82) is 5.26 Å². The summed E-state index contributed by atoms with van der Waals surface area (Å²) in [6.07, 6.45) is 11.0. The Hall–Kier alpha value is -0.590. The van der Waals surface area contributed by atoms with Crippen LogP contribution in [0.1, 0.15) is 64.7 Å². The van der Waals surface area contributed by atoms with Gasteiger partial charge in [0.25, 0.3) is 0 Å². The van der Waals surface area contributed by atoms with Crippen LogP contribution in [0.25, 0.3) is 0 Å². The third-order valence-corrected chi connectivity index (χ3v) is 3.82. The zero-order valence-electron chi connectivity index (χ0n) is 11.8. The smallest absolute Gasteiger partial charge is 0.101 e. The predicted molar refractivity (Wildman–Crippen MR) is 74.1 cm³/mol. The highest BCUT2D eigenvalue weighted by atomic mass is 16.5. The average Bonchev–Trinajstić information content (AvgIpc) is 2.62. The molecular weight excluding hydrogens is 224 g/mol. The molecule has 1 aliphatic carbocycles. The summed E-state index contributed by atoms with van der Waals surface area (Å²) in [6, 6.07) is 2.13. The molecule has 1 atom stereocenters. The standard InChI is InChI=1S/C15H28N2O/c1-15(17,13-16)10-6-7-11-18-12-14-8-4-2-3-5-9-14/h14H,2-12,17H2,1H3. The number of hydrogen-bond donors (Lipinski definition) is 1. The monoisotopic (exact) mass is 252 g/mol. The Bertz CT molecular complexity index is 250. The summed E-state index contributed by atoms with van der Waals surface area (Å²) in [6.45, 7) is 3.54. The lowest BCUT2D eigenvalue weighted by molar-refractivity contribution is 0.0903. The second kappa shape index (κ2) is 8.50. The summed E-state index contributed by atoms with van der Waals surface area (Å²) in [5.41, 5.74) is 5.10. The van der Waals surface area contributed by atoms with Crippen LogP contribution in [0.5, 0.6) is 0 Å². The van der Waals surface area contributed by atoms with Gasteiger partial charge >= 0.3 is 0 Å². The molecule has 1 unspecified atom stereocenters. The number of nitrogens with zero attached hydrogens (tertiary/aromatic N) is 1. The summed E-state index contributed by atoms with van der Waals surface area (Å²) in [5.74, 6) is 0.784. The molecule has 1 rings (SSSR count). The molecule has 0 aromatic rings. The van der Waals surface area contributed by atoms with Crippen LogP contribution in [-0.4, -0.2) is 18.8 Å². The fourth-order valence-corrected chi connectivity index (χ4v) is 2.53. The van der Waals surface area contributed by atoms with Crippen LogP contribution in [-0.2, 0) is 4.74 Å². The summed E-state index contributed by atoms with van der Waals surface area (Å²) < 4.78 is 5.75. The second-order valence-electron chi connectivity index (χ2n) is 5.92. The van der Waals surface area contributed by atoms with Gasteiger partial charge < -0.3 is 10.5 Å². The number of hydrogen-bond acceptors (Lipinski definition) is 3. The molecule has 1 aliphatic rings. The van der Waals surface area contributed by atoms with E-state index in [1.54, 1.807) is 6.92 Å². The molecule has 104 valence electrons. The van der Waals surface area contributed by atoms with Crippen LogP contribution in [0.2, 0.25) is 0 Å². The maximum atomic E-state index is 8.79. The van der Waals surface area contributed by atoms with Crippen LogP contribution < -0.4 is 5.73 Å². The minimum absolute atomic E-state index is 0.665. The van der Waals surface area contributed by atoms with E-state index < -0.39 is 5.54 Å². The number of nitriles is 1. The Kier molecular flexibility index (Phi) is 7.31. The Balaban J connectivity index is 1.96. The zero-order valence-corrected chi connectivity index (χ0v) is 11.8. The molecule has 1 saturated carbocycles. The predicted octanol–water partition coefficient (Wildman–Crippen LogP) is 3.38. The molecule has 0 amide bonds. The molecule has 0 aliphatic heterocycles. The van der Waals surface area contributed by atoms with Gasteiger partial charge in [-0.25, -0.2) is 0 Å². The van der Waals surface area contributed by atoms with Gasteiger partial charge in [0, 0.05) is 13.2 Å². The molecule has 0 saturated heterocycles. The van der Waals surface area contributed by atoms with Crippen LogP contribution >= 0.6 is 0 Å². The van der Waals surface area contributed by atoms with Gasteiger partial charge in [-0.1, -0.05) is 25.7 Å². The summed E-state index contributed by atoms with van der Waals surface area (Å²) >= 11 is 0. The quantitative estimate of drug-likeness (QED) is 0.558. The topological polar surface area (TPSA) is 59.0 Å². The van der Waals surface area contributed by atoms with E-state index in [-0.39, 0.29) is 0 Å². The van der Waals surface area contributed by atoms with Gasteiger partial charge in [-0.15, -0.1) is 0 Å². The molecule has 0 spiro atoms. The minimum atomic E-state index is -0.665. The van der Waals surface area contributed by atoms with Gasteiger partial charge in [0.15, 0.2) is 0 Å². The summed E-state index contributed by atoms with van der Waals surface area (Å²) in [7, 11) is 0. The average molecular weight is 252 g/mol. The largest absolute Gasteiger partial charge is 0.381 e. The third-order valence-electron chi connectivity index (χ3n) is 3.82. The lowest BCUT2D eigenvalue weighted by atomic mass is 9.98. The van der Waals surface area contributed by atoms with Crippen LogP contribution in [0.4, 0.5) is 0 Å². The molecule has 3 nitrogen and oxygen atoms in total. The molecule has 0 aromatic heterocycles. The van der Waals surface area contributed by atoms with E-state index in [1.807, 2.05) is 0 Å². The Labute approximate surface area is 112 Å². The number of nitrogens with two attached hydrogens (primary N) is 1. The van der Waals surface area contributed by atoms with Crippen LogP contribution in [0.15, 0.2) is 0 Å². The van der Waals surface area contributed by atoms with Gasteiger partial charge in [0.2, 0.25) is 0 Å². The first kappa shape index (κ1) is 15.5. The Morgan fingerprint density at radius 3 is 2.50 bits per heavy atom. The van der Waals surface area contributed by atoms with Crippen molar-refractivity contribution in [1.82, 2.24) is 0 Å². The zero-order chi connectivity index (χ0) is 13.3. The van der Waals surface area contributed by atoms with Crippen molar-refractivity contribution in [2.45, 2.75) is 70.3 Å². The Morgan fingerprint density at radius 1 is 1.22 bits per heavy atom. The summed E-state index contributed by atoms with van der Waals surface area (Å²) in [4.78, 5) is 0. The van der Waals surface area contributed by atoms with Crippen LogP contribution in [0.3, 0.4) is 0 Å². The first-order chi connectivity index (χ1) is 8.64. The molecule has 1 fully saturated rings. The van der Waals surface area contributed by atoms with Crippen LogP contribution in [0, 0.1) is 17.2 Å². The first-order valence-corrected chi connectivity index (χ1v) is 7.42. The van der Waals surface area contributed by atoms with Gasteiger partial charge in [-0.05, 0) is 44.9 Å². The van der Waals surface area contributed by atoms with E-state index in [0.29, 0.717) is 0 Å². The summed E-state index contributed by atoms with van der Waals surface area (Å²) in [5, 5.41) is 8.79.